The van der Waals surface area contributed by atoms with E-state index >= 15 is 0 Å². The largest absolute Gasteiger partial charge is 0.351 e. The molecule has 1 amide bonds. The summed E-state index contributed by atoms with van der Waals surface area (Å²) in [5, 5.41) is 5.27. The Kier molecular flexibility index (Phi) is 6.17. The summed E-state index contributed by atoms with van der Waals surface area (Å²) in [6.07, 6.45) is 0. The molecule has 0 bridgehead atoms. The molecule has 0 unspecified atom stereocenters. The first-order valence-electron chi connectivity index (χ1n) is 8.92. The summed E-state index contributed by atoms with van der Waals surface area (Å²) < 4.78 is 15.2. The molecule has 0 atom stereocenters. The fraction of sp³-hybridized carbons (Fsp3) is 0.0952. The van der Waals surface area contributed by atoms with Gasteiger partial charge in [-0.1, -0.05) is 47.6 Å². The van der Waals surface area contributed by atoms with Crippen LogP contribution in [0.2, 0.25) is 5.02 Å². The number of fused-ring (bicyclic) bond motifs is 1. The van der Waals surface area contributed by atoms with Crippen molar-refractivity contribution < 1.29 is 9.18 Å². The van der Waals surface area contributed by atoms with Crippen LogP contribution in [0.3, 0.4) is 0 Å². The number of amides is 1. The van der Waals surface area contributed by atoms with Gasteiger partial charge in [0.25, 0.3) is 5.56 Å². The van der Waals surface area contributed by atoms with Crippen LogP contribution >= 0.6 is 34.7 Å². The maximum atomic E-state index is 13.1. The van der Waals surface area contributed by atoms with E-state index in [1.807, 2.05) is 35.7 Å². The third-order valence-corrected chi connectivity index (χ3v) is 6.47. The monoisotopic (exact) mass is 459 g/mol. The van der Waals surface area contributed by atoms with Gasteiger partial charge in [0.05, 0.1) is 17.0 Å². The average Bonchev–Trinajstić information content (AvgIpc) is 3.21. The molecule has 0 aliphatic carbocycles. The molecule has 2 aromatic carbocycles. The van der Waals surface area contributed by atoms with Crippen LogP contribution in [0.4, 0.5) is 4.39 Å². The van der Waals surface area contributed by atoms with E-state index in [1.165, 1.54) is 45.9 Å². The number of thiophene rings is 1. The van der Waals surface area contributed by atoms with E-state index < -0.39 is 5.82 Å². The summed E-state index contributed by atoms with van der Waals surface area (Å²) in [5.41, 5.74) is 1.75. The van der Waals surface area contributed by atoms with Crippen molar-refractivity contribution in [3.8, 4) is 5.69 Å². The lowest BCUT2D eigenvalue weighted by Crippen LogP contribution is -2.26. The van der Waals surface area contributed by atoms with E-state index in [1.54, 1.807) is 6.07 Å². The van der Waals surface area contributed by atoms with Crippen molar-refractivity contribution >= 4 is 50.8 Å². The maximum Gasteiger partial charge on any atom is 0.276 e. The van der Waals surface area contributed by atoms with Gasteiger partial charge in [0.15, 0.2) is 5.16 Å². The van der Waals surface area contributed by atoms with Crippen molar-refractivity contribution in [2.75, 3.05) is 5.75 Å². The van der Waals surface area contributed by atoms with Crippen molar-refractivity contribution in [1.82, 2.24) is 14.9 Å². The number of thioether (sulfide) groups is 1. The minimum Gasteiger partial charge on any atom is -0.351 e. The predicted molar refractivity (Wildman–Crippen MR) is 119 cm³/mol. The van der Waals surface area contributed by atoms with Crippen molar-refractivity contribution in [3.05, 3.63) is 86.7 Å². The van der Waals surface area contributed by atoms with Gasteiger partial charge in [-0.05, 0) is 41.3 Å². The van der Waals surface area contributed by atoms with E-state index in [0.29, 0.717) is 26.6 Å². The van der Waals surface area contributed by atoms with Gasteiger partial charge in [-0.3, -0.25) is 14.2 Å². The Morgan fingerprint density at radius 2 is 2.00 bits per heavy atom. The van der Waals surface area contributed by atoms with Crippen molar-refractivity contribution in [3.63, 3.8) is 0 Å². The Bertz CT molecular complexity index is 1270. The predicted octanol–water partition coefficient (Wildman–Crippen LogP) is 4.65. The molecule has 0 saturated carbocycles. The summed E-state index contributed by atoms with van der Waals surface area (Å²) in [4.78, 5) is 29.9. The number of nitrogens with one attached hydrogen (secondary N) is 1. The standard InChI is InChI=1S/C21H15ClFN3O2S2/c22-16-10-14(23)7-6-13(16)11-24-18(27)12-30-21-25-17-8-9-29-19(17)20(28)26(21)15-4-2-1-3-5-15/h1-10H,11-12H2,(H,24,27). The second-order valence-electron chi connectivity index (χ2n) is 6.31. The molecule has 4 rings (SSSR count). The minimum absolute atomic E-state index is 0.0632. The Hall–Kier alpha value is -2.68. The van der Waals surface area contributed by atoms with Crippen LogP contribution in [-0.2, 0) is 11.3 Å². The number of benzene rings is 2. The van der Waals surface area contributed by atoms with Crippen molar-refractivity contribution in [2.45, 2.75) is 11.7 Å². The van der Waals surface area contributed by atoms with E-state index in [-0.39, 0.29) is 28.8 Å². The molecule has 0 fully saturated rings. The zero-order valence-electron chi connectivity index (χ0n) is 15.5. The third-order valence-electron chi connectivity index (χ3n) is 4.29. The van der Waals surface area contributed by atoms with Crippen LogP contribution in [0.15, 0.2) is 69.9 Å². The number of carbonyl (C=O) groups excluding carboxylic acids is 1. The normalized spacial score (nSPS) is 11.0. The summed E-state index contributed by atoms with van der Waals surface area (Å²) >= 11 is 8.51. The molecular formula is C21H15ClFN3O2S2. The van der Waals surface area contributed by atoms with Crippen LogP contribution in [0.25, 0.3) is 15.9 Å². The van der Waals surface area contributed by atoms with Gasteiger partial charge in [-0.15, -0.1) is 11.3 Å². The number of hydrogen-bond acceptors (Lipinski definition) is 5. The smallest absolute Gasteiger partial charge is 0.276 e. The molecule has 0 aliphatic rings. The van der Waals surface area contributed by atoms with Crippen molar-refractivity contribution in [1.29, 1.82) is 0 Å². The molecule has 0 radical (unpaired) electrons. The molecule has 9 heteroatoms. The van der Waals surface area contributed by atoms with Gasteiger partial charge in [0.2, 0.25) is 5.91 Å². The number of carbonyl (C=O) groups is 1. The molecule has 0 aliphatic heterocycles. The van der Waals surface area contributed by atoms with Gasteiger partial charge >= 0.3 is 0 Å². The first-order chi connectivity index (χ1) is 14.5. The summed E-state index contributed by atoms with van der Waals surface area (Å²) in [6.45, 7) is 0.182. The lowest BCUT2D eigenvalue weighted by Gasteiger charge is -2.12. The number of hydrogen-bond donors (Lipinski definition) is 1. The average molecular weight is 460 g/mol. The lowest BCUT2D eigenvalue weighted by atomic mass is 10.2. The van der Waals surface area contributed by atoms with Gasteiger partial charge in [-0.2, -0.15) is 0 Å². The van der Waals surface area contributed by atoms with Crippen LogP contribution < -0.4 is 10.9 Å². The van der Waals surface area contributed by atoms with Crippen LogP contribution in [0, 0.1) is 5.82 Å². The van der Waals surface area contributed by atoms with Crippen LogP contribution in [-0.4, -0.2) is 21.2 Å². The highest BCUT2D eigenvalue weighted by atomic mass is 35.5. The second-order valence-corrected chi connectivity index (χ2v) is 8.57. The Labute approximate surface area is 184 Å². The number of rotatable bonds is 6. The van der Waals surface area contributed by atoms with Gasteiger partial charge in [0, 0.05) is 11.6 Å². The summed E-state index contributed by atoms with van der Waals surface area (Å²) in [6, 6.07) is 15.0. The topological polar surface area (TPSA) is 64.0 Å². The number of para-hydroxylation sites is 1. The zero-order valence-corrected chi connectivity index (χ0v) is 17.9. The number of nitrogens with zero attached hydrogens (tertiary/aromatic N) is 2. The van der Waals surface area contributed by atoms with E-state index in [0.717, 1.165) is 0 Å². The summed E-state index contributed by atoms with van der Waals surface area (Å²) in [5.74, 6) is -0.618. The van der Waals surface area contributed by atoms with Crippen molar-refractivity contribution in [2.24, 2.45) is 0 Å². The molecular weight excluding hydrogens is 445 g/mol. The summed E-state index contributed by atoms with van der Waals surface area (Å²) in [7, 11) is 0. The highest BCUT2D eigenvalue weighted by Crippen LogP contribution is 2.23. The number of halogens is 2. The third kappa shape index (κ3) is 4.40. The molecule has 2 aromatic heterocycles. The molecule has 30 heavy (non-hydrogen) atoms. The van der Waals surface area contributed by atoms with E-state index in [9.17, 15) is 14.0 Å². The lowest BCUT2D eigenvalue weighted by molar-refractivity contribution is -0.118. The second kappa shape index (κ2) is 8.99. The molecule has 5 nitrogen and oxygen atoms in total. The fourth-order valence-electron chi connectivity index (χ4n) is 2.83. The van der Waals surface area contributed by atoms with Gasteiger partial charge < -0.3 is 5.32 Å². The van der Waals surface area contributed by atoms with Crippen LogP contribution in [0.1, 0.15) is 5.56 Å². The Morgan fingerprint density at radius 1 is 1.20 bits per heavy atom. The molecule has 0 saturated heterocycles. The van der Waals surface area contributed by atoms with E-state index in [4.69, 9.17) is 11.6 Å². The molecule has 1 N–H and O–H groups in total. The SMILES string of the molecule is O=C(CSc1nc2ccsc2c(=O)n1-c1ccccc1)NCc1ccc(F)cc1Cl. The molecule has 152 valence electrons. The van der Waals surface area contributed by atoms with Gasteiger partial charge in [-0.25, -0.2) is 9.37 Å². The Balaban J connectivity index is 1.53. The number of aromatic nitrogens is 2. The quantitative estimate of drug-likeness (QED) is 0.337. The Morgan fingerprint density at radius 3 is 2.77 bits per heavy atom. The fourth-order valence-corrected chi connectivity index (χ4v) is 4.67. The zero-order chi connectivity index (χ0) is 21.1. The first kappa shape index (κ1) is 20.6. The molecule has 0 spiro atoms. The first-order valence-corrected chi connectivity index (χ1v) is 11.2. The molecule has 2 heterocycles. The maximum absolute atomic E-state index is 13.1. The van der Waals surface area contributed by atoms with Gasteiger partial charge in [0.1, 0.15) is 10.5 Å². The van der Waals surface area contributed by atoms with E-state index in [2.05, 4.69) is 10.3 Å². The minimum atomic E-state index is -0.431. The highest BCUT2D eigenvalue weighted by molar-refractivity contribution is 7.99. The highest BCUT2D eigenvalue weighted by Gasteiger charge is 2.15. The molecule has 4 aromatic rings. The van der Waals surface area contributed by atoms with Crippen LogP contribution in [0.5, 0.6) is 0 Å².